The Labute approximate surface area is 93.9 Å². The van der Waals surface area contributed by atoms with E-state index in [2.05, 4.69) is 22.1 Å². The Morgan fingerprint density at radius 1 is 1.27 bits per heavy atom. The number of H-pyrrole nitrogens is 1. The summed E-state index contributed by atoms with van der Waals surface area (Å²) in [5.41, 5.74) is 0.284. The van der Waals surface area contributed by atoms with Gasteiger partial charge in [0, 0.05) is 5.75 Å². The summed E-state index contributed by atoms with van der Waals surface area (Å²) in [4.78, 5) is 13.9. The van der Waals surface area contributed by atoms with Crippen molar-refractivity contribution in [3.8, 4) is 0 Å². The number of hydrogen-bond acceptors (Lipinski definition) is 4. The Morgan fingerprint density at radius 2 is 2.07 bits per heavy atom. The fourth-order valence-corrected chi connectivity index (χ4v) is 1.95. The molecule has 0 saturated heterocycles. The van der Waals surface area contributed by atoms with Gasteiger partial charge >= 0.3 is 0 Å². The van der Waals surface area contributed by atoms with Crippen molar-refractivity contribution in [2.45, 2.75) is 44.7 Å². The Kier molecular flexibility index (Phi) is 5.39. The zero-order valence-electron chi connectivity index (χ0n) is 9.25. The lowest BCUT2D eigenvalue weighted by Crippen LogP contribution is -2.14. The molecule has 1 rings (SSSR count). The highest BCUT2D eigenvalue weighted by atomic mass is 32.2. The first kappa shape index (κ1) is 12.2. The second-order valence-electron chi connectivity index (χ2n) is 3.45. The van der Waals surface area contributed by atoms with Crippen LogP contribution in [0.4, 0.5) is 0 Å². The van der Waals surface area contributed by atoms with E-state index in [9.17, 15) is 4.79 Å². The van der Waals surface area contributed by atoms with Crippen molar-refractivity contribution in [1.82, 2.24) is 15.2 Å². The number of aromatic nitrogens is 3. The van der Waals surface area contributed by atoms with Gasteiger partial charge in [-0.1, -0.05) is 37.9 Å². The van der Waals surface area contributed by atoms with Crippen LogP contribution in [0.1, 0.15) is 38.3 Å². The largest absolute Gasteiger partial charge is 0.298 e. The van der Waals surface area contributed by atoms with Gasteiger partial charge in [-0.2, -0.15) is 0 Å². The predicted octanol–water partition coefficient (Wildman–Crippen LogP) is 2.15. The summed E-state index contributed by atoms with van der Waals surface area (Å²) in [5, 5.41) is 8.32. The molecule has 1 aromatic rings. The Balaban J connectivity index is 2.32. The molecule has 1 aromatic heterocycles. The number of rotatable bonds is 6. The van der Waals surface area contributed by atoms with Crippen molar-refractivity contribution in [2.24, 2.45) is 0 Å². The maximum absolute atomic E-state index is 11.2. The number of hydrogen-bond donors (Lipinski definition) is 1. The van der Waals surface area contributed by atoms with Crippen LogP contribution in [0.15, 0.2) is 9.95 Å². The number of aryl methyl sites for hydroxylation is 1. The quantitative estimate of drug-likeness (QED) is 0.597. The van der Waals surface area contributed by atoms with Crippen LogP contribution in [0.25, 0.3) is 0 Å². The van der Waals surface area contributed by atoms with Crippen LogP contribution < -0.4 is 5.56 Å². The molecule has 15 heavy (non-hydrogen) atoms. The van der Waals surface area contributed by atoms with E-state index in [1.54, 1.807) is 18.7 Å². The normalized spacial score (nSPS) is 10.5. The highest BCUT2D eigenvalue weighted by molar-refractivity contribution is 7.99. The van der Waals surface area contributed by atoms with E-state index in [4.69, 9.17) is 0 Å². The smallest absolute Gasteiger partial charge is 0.273 e. The molecule has 5 heteroatoms. The second-order valence-corrected chi connectivity index (χ2v) is 4.54. The summed E-state index contributed by atoms with van der Waals surface area (Å²) < 4.78 is 0. The molecule has 0 aromatic carbocycles. The molecule has 0 radical (unpaired) electrons. The average Bonchev–Trinajstić information content (AvgIpc) is 2.23. The van der Waals surface area contributed by atoms with E-state index in [-0.39, 0.29) is 5.56 Å². The molecule has 84 valence electrons. The maximum Gasteiger partial charge on any atom is 0.273 e. The average molecular weight is 227 g/mol. The molecule has 0 aliphatic heterocycles. The Hall–Kier alpha value is -0.840. The van der Waals surface area contributed by atoms with E-state index < -0.39 is 0 Å². The van der Waals surface area contributed by atoms with E-state index in [0.29, 0.717) is 10.9 Å². The molecule has 0 amide bonds. The van der Waals surface area contributed by atoms with Gasteiger partial charge in [-0.25, -0.2) is 0 Å². The van der Waals surface area contributed by atoms with Crippen LogP contribution >= 0.6 is 11.8 Å². The SMILES string of the molecule is CCCCCCSc1nnc(C)c(=O)[nH]1. The summed E-state index contributed by atoms with van der Waals surface area (Å²) >= 11 is 1.56. The van der Waals surface area contributed by atoms with Gasteiger partial charge in [0.15, 0.2) is 5.16 Å². The predicted molar refractivity (Wildman–Crippen MR) is 62.3 cm³/mol. The van der Waals surface area contributed by atoms with Crippen molar-refractivity contribution in [3.63, 3.8) is 0 Å². The van der Waals surface area contributed by atoms with E-state index in [0.717, 1.165) is 12.2 Å². The van der Waals surface area contributed by atoms with Gasteiger partial charge in [0.1, 0.15) is 5.69 Å². The molecule has 1 heterocycles. The minimum Gasteiger partial charge on any atom is -0.298 e. The highest BCUT2D eigenvalue weighted by Gasteiger charge is 2.00. The fraction of sp³-hybridized carbons (Fsp3) is 0.700. The topological polar surface area (TPSA) is 58.6 Å². The van der Waals surface area contributed by atoms with Gasteiger partial charge in [-0.15, -0.1) is 10.2 Å². The summed E-state index contributed by atoms with van der Waals surface area (Å²) in [7, 11) is 0. The standard InChI is InChI=1S/C10H17N3OS/c1-3-4-5-6-7-15-10-11-9(14)8(2)12-13-10/h3-7H2,1-2H3,(H,11,13,14). The molecular formula is C10H17N3OS. The third kappa shape index (κ3) is 4.46. The number of nitrogens with zero attached hydrogens (tertiary/aromatic N) is 2. The summed E-state index contributed by atoms with van der Waals surface area (Å²) in [6, 6.07) is 0. The van der Waals surface area contributed by atoms with Crippen molar-refractivity contribution < 1.29 is 0 Å². The van der Waals surface area contributed by atoms with Crippen molar-refractivity contribution in [1.29, 1.82) is 0 Å². The van der Waals surface area contributed by atoms with E-state index in [1.807, 2.05) is 0 Å². The van der Waals surface area contributed by atoms with Gasteiger partial charge in [0.05, 0.1) is 0 Å². The first-order chi connectivity index (χ1) is 7.24. The summed E-state index contributed by atoms with van der Waals surface area (Å²) in [6.45, 7) is 3.84. The van der Waals surface area contributed by atoms with Crippen LogP contribution in [-0.2, 0) is 0 Å². The summed E-state index contributed by atoms with van der Waals surface area (Å²) in [5.74, 6) is 0.994. The zero-order chi connectivity index (χ0) is 11.1. The number of unbranched alkanes of at least 4 members (excludes halogenated alkanes) is 3. The lowest BCUT2D eigenvalue weighted by atomic mass is 10.2. The number of thioether (sulfide) groups is 1. The van der Waals surface area contributed by atoms with Gasteiger partial charge in [-0.05, 0) is 13.3 Å². The van der Waals surface area contributed by atoms with Crippen molar-refractivity contribution in [3.05, 3.63) is 16.0 Å². The van der Waals surface area contributed by atoms with Crippen LogP contribution in [0.3, 0.4) is 0 Å². The first-order valence-electron chi connectivity index (χ1n) is 5.30. The lowest BCUT2D eigenvalue weighted by molar-refractivity contribution is 0.705. The van der Waals surface area contributed by atoms with Crippen molar-refractivity contribution in [2.75, 3.05) is 5.75 Å². The van der Waals surface area contributed by atoms with Crippen LogP contribution in [0.5, 0.6) is 0 Å². The molecule has 4 nitrogen and oxygen atoms in total. The van der Waals surface area contributed by atoms with Crippen LogP contribution in [0.2, 0.25) is 0 Å². The minimum absolute atomic E-state index is 0.138. The molecule has 0 atom stereocenters. The molecule has 0 spiro atoms. The zero-order valence-corrected chi connectivity index (χ0v) is 10.1. The molecule has 0 unspecified atom stereocenters. The third-order valence-corrected chi connectivity index (χ3v) is 3.03. The monoisotopic (exact) mass is 227 g/mol. The summed E-state index contributed by atoms with van der Waals surface area (Å²) in [6.07, 6.45) is 4.92. The van der Waals surface area contributed by atoms with E-state index >= 15 is 0 Å². The fourth-order valence-electron chi connectivity index (χ4n) is 1.14. The number of aromatic amines is 1. The highest BCUT2D eigenvalue weighted by Crippen LogP contribution is 2.13. The van der Waals surface area contributed by atoms with Crippen molar-refractivity contribution >= 4 is 11.8 Å². The molecular weight excluding hydrogens is 210 g/mol. The van der Waals surface area contributed by atoms with E-state index in [1.165, 1.54) is 19.3 Å². The Morgan fingerprint density at radius 3 is 2.73 bits per heavy atom. The second kappa shape index (κ2) is 6.61. The first-order valence-corrected chi connectivity index (χ1v) is 6.29. The Bertz CT molecular complexity index is 351. The maximum atomic E-state index is 11.2. The molecule has 0 bridgehead atoms. The van der Waals surface area contributed by atoms with Gasteiger partial charge in [-0.3, -0.25) is 9.78 Å². The molecule has 0 aliphatic carbocycles. The molecule has 0 saturated carbocycles. The molecule has 0 aliphatic rings. The third-order valence-electron chi connectivity index (χ3n) is 2.08. The molecule has 1 N–H and O–H groups in total. The van der Waals surface area contributed by atoms with Crippen LogP contribution in [0, 0.1) is 6.92 Å². The van der Waals surface area contributed by atoms with Crippen LogP contribution in [-0.4, -0.2) is 20.9 Å². The van der Waals surface area contributed by atoms with Gasteiger partial charge in [0.25, 0.3) is 5.56 Å². The minimum atomic E-state index is -0.138. The van der Waals surface area contributed by atoms with Gasteiger partial charge < -0.3 is 0 Å². The number of nitrogens with one attached hydrogen (secondary N) is 1. The molecule has 0 fully saturated rings. The lowest BCUT2D eigenvalue weighted by Gasteiger charge is -1.99. The van der Waals surface area contributed by atoms with Gasteiger partial charge in [0.2, 0.25) is 0 Å².